The van der Waals surface area contributed by atoms with E-state index >= 15 is 0 Å². The number of thiazole rings is 1. The molecule has 5 nitrogen and oxygen atoms in total. The number of nitrogens with zero attached hydrogens (tertiary/aromatic N) is 2. The average molecular weight is 366 g/mol. The van der Waals surface area contributed by atoms with E-state index in [0.717, 1.165) is 29.5 Å². The third kappa shape index (κ3) is 5.03. The van der Waals surface area contributed by atoms with Crippen molar-refractivity contribution in [2.75, 3.05) is 24.5 Å². The van der Waals surface area contributed by atoms with Gasteiger partial charge in [0.2, 0.25) is 10.0 Å². The van der Waals surface area contributed by atoms with Gasteiger partial charge in [-0.2, -0.15) is 0 Å². The second-order valence-corrected chi connectivity index (χ2v) is 8.70. The highest BCUT2D eigenvalue weighted by molar-refractivity contribution is 7.88. The van der Waals surface area contributed by atoms with Gasteiger partial charge in [0.15, 0.2) is 5.13 Å². The first-order valence-corrected chi connectivity index (χ1v) is 10.9. The average Bonchev–Trinajstić information content (AvgIpc) is 3.05. The van der Waals surface area contributed by atoms with Gasteiger partial charge >= 0.3 is 0 Å². The zero-order chi connectivity index (χ0) is 16.8. The van der Waals surface area contributed by atoms with Gasteiger partial charge in [-0.1, -0.05) is 30.3 Å². The first kappa shape index (κ1) is 17.4. The van der Waals surface area contributed by atoms with Crippen LogP contribution in [0.25, 0.3) is 0 Å². The van der Waals surface area contributed by atoms with Crippen LogP contribution in [0, 0.1) is 0 Å². The molecular weight excluding hydrogens is 342 g/mol. The Bertz CT molecular complexity index is 738. The quantitative estimate of drug-likeness (QED) is 0.819. The van der Waals surface area contributed by atoms with Crippen LogP contribution < -0.4 is 9.62 Å². The molecule has 7 heteroatoms. The molecule has 130 valence electrons. The van der Waals surface area contributed by atoms with Gasteiger partial charge in [-0.15, -0.1) is 11.3 Å². The van der Waals surface area contributed by atoms with E-state index in [-0.39, 0.29) is 5.75 Å². The molecular formula is C17H23N3O2S2. The van der Waals surface area contributed by atoms with Crippen molar-refractivity contribution in [1.29, 1.82) is 0 Å². The van der Waals surface area contributed by atoms with E-state index in [0.29, 0.717) is 13.0 Å². The summed E-state index contributed by atoms with van der Waals surface area (Å²) in [6.07, 6.45) is 4.39. The highest BCUT2D eigenvalue weighted by Gasteiger charge is 2.15. The molecule has 0 radical (unpaired) electrons. The molecule has 3 rings (SSSR count). The highest BCUT2D eigenvalue weighted by atomic mass is 32.2. The molecule has 2 heterocycles. The molecule has 0 aliphatic carbocycles. The maximum Gasteiger partial charge on any atom is 0.215 e. The van der Waals surface area contributed by atoms with E-state index in [9.17, 15) is 8.42 Å². The van der Waals surface area contributed by atoms with E-state index in [2.05, 4.69) is 14.6 Å². The van der Waals surface area contributed by atoms with Crippen molar-refractivity contribution < 1.29 is 8.42 Å². The maximum atomic E-state index is 12.1. The lowest BCUT2D eigenvalue weighted by atomic mass is 10.1. The van der Waals surface area contributed by atoms with Gasteiger partial charge in [-0.3, -0.25) is 0 Å². The third-order valence-electron chi connectivity index (χ3n) is 4.07. The lowest BCUT2D eigenvalue weighted by Gasteiger charge is -2.25. The molecule has 1 aromatic heterocycles. The SMILES string of the molecule is O=S(=O)(Cc1ccccc1)NCCc1csc(N2CCCCC2)n1. The Kier molecular flexibility index (Phi) is 5.86. The van der Waals surface area contributed by atoms with Crippen molar-refractivity contribution in [2.24, 2.45) is 0 Å². The van der Waals surface area contributed by atoms with E-state index in [1.165, 1.54) is 19.3 Å². The molecule has 0 atom stereocenters. The number of hydrogen-bond acceptors (Lipinski definition) is 5. The van der Waals surface area contributed by atoms with Gasteiger partial charge in [-0.05, 0) is 24.8 Å². The lowest BCUT2D eigenvalue weighted by molar-refractivity contribution is 0.575. The van der Waals surface area contributed by atoms with Gasteiger partial charge in [0.1, 0.15) is 0 Å². The zero-order valence-corrected chi connectivity index (χ0v) is 15.3. The van der Waals surface area contributed by atoms with Crippen LogP contribution in [0.2, 0.25) is 0 Å². The first-order chi connectivity index (χ1) is 11.6. The summed E-state index contributed by atoms with van der Waals surface area (Å²) in [5.41, 5.74) is 1.76. The molecule has 0 amide bonds. The number of benzene rings is 1. The number of anilines is 1. The lowest BCUT2D eigenvalue weighted by Crippen LogP contribution is -2.29. The van der Waals surface area contributed by atoms with Gasteiger partial charge in [0, 0.05) is 31.4 Å². The molecule has 1 N–H and O–H groups in total. The summed E-state index contributed by atoms with van der Waals surface area (Å²) in [5.74, 6) is 0.0178. The molecule has 1 aromatic carbocycles. The molecule has 0 saturated carbocycles. The summed E-state index contributed by atoms with van der Waals surface area (Å²) >= 11 is 1.65. The summed E-state index contributed by atoms with van der Waals surface area (Å²) < 4.78 is 26.9. The predicted molar refractivity (Wildman–Crippen MR) is 99.0 cm³/mol. The van der Waals surface area contributed by atoms with E-state index in [1.54, 1.807) is 11.3 Å². The molecule has 0 bridgehead atoms. The van der Waals surface area contributed by atoms with Crippen LogP contribution >= 0.6 is 11.3 Å². The van der Waals surface area contributed by atoms with Crippen LogP contribution in [-0.4, -0.2) is 33.0 Å². The largest absolute Gasteiger partial charge is 0.348 e. The van der Waals surface area contributed by atoms with Crippen molar-refractivity contribution >= 4 is 26.5 Å². The van der Waals surface area contributed by atoms with Crippen molar-refractivity contribution in [3.8, 4) is 0 Å². The minimum atomic E-state index is -3.30. The van der Waals surface area contributed by atoms with Crippen LogP contribution in [0.3, 0.4) is 0 Å². The molecule has 0 spiro atoms. The van der Waals surface area contributed by atoms with Crippen LogP contribution in [-0.2, 0) is 22.2 Å². The Hall–Kier alpha value is -1.44. The Labute approximate surface area is 147 Å². The number of aromatic nitrogens is 1. The molecule has 1 fully saturated rings. The fourth-order valence-electron chi connectivity index (χ4n) is 2.82. The smallest absolute Gasteiger partial charge is 0.215 e. The summed E-state index contributed by atoms with van der Waals surface area (Å²) in [6, 6.07) is 9.23. The minimum Gasteiger partial charge on any atom is -0.348 e. The van der Waals surface area contributed by atoms with Crippen molar-refractivity contribution in [2.45, 2.75) is 31.4 Å². The Morgan fingerprint density at radius 1 is 1.12 bits per heavy atom. The Balaban J connectivity index is 1.48. The molecule has 1 aliphatic heterocycles. The number of piperidine rings is 1. The normalized spacial score (nSPS) is 15.6. The van der Waals surface area contributed by atoms with Crippen LogP contribution in [0.15, 0.2) is 35.7 Å². The van der Waals surface area contributed by atoms with Gasteiger partial charge in [-0.25, -0.2) is 18.1 Å². The van der Waals surface area contributed by atoms with Crippen molar-refractivity contribution in [1.82, 2.24) is 9.71 Å². The number of sulfonamides is 1. The number of rotatable bonds is 7. The van der Waals surface area contributed by atoms with E-state index < -0.39 is 10.0 Å². The molecule has 24 heavy (non-hydrogen) atoms. The third-order valence-corrected chi connectivity index (χ3v) is 6.38. The maximum absolute atomic E-state index is 12.1. The Morgan fingerprint density at radius 2 is 1.88 bits per heavy atom. The zero-order valence-electron chi connectivity index (χ0n) is 13.6. The van der Waals surface area contributed by atoms with Crippen LogP contribution in [0.5, 0.6) is 0 Å². The summed E-state index contributed by atoms with van der Waals surface area (Å²) in [6.45, 7) is 2.55. The van der Waals surface area contributed by atoms with Crippen LogP contribution in [0.4, 0.5) is 5.13 Å². The highest BCUT2D eigenvalue weighted by Crippen LogP contribution is 2.24. The van der Waals surface area contributed by atoms with Gasteiger partial charge in [0.25, 0.3) is 0 Å². The fourth-order valence-corrected chi connectivity index (χ4v) is 4.88. The van der Waals surface area contributed by atoms with Gasteiger partial charge in [0.05, 0.1) is 11.4 Å². The van der Waals surface area contributed by atoms with E-state index in [1.807, 2.05) is 35.7 Å². The summed E-state index contributed by atoms with van der Waals surface area (Å²) in [4.78, 5) is 6.98. The molecule has 1 aliphatic rings. The number of hydrogen-bond donors (Lipinski definition) is 1. The second-order valence-electron chi connectivity index (χ2n) is 6.06. The fraction of sp³-hybridized carbons (Fsp3) is 0.471. The topological polar surface area (TPSA) is 62.3 Å². The minimum absolute atomic E-state index is 0.0178. The van der Waals surface area contributed by atoms with E-state index in [4.69, 9.17) is 0 Å². The summed E-state index contributed by atoms with van der Waals surface area (Å²) in [5, 5.41) is 3.10. The van der Waals surface area contributed by atoms with Gasteiger partial charge < -0.3 is 4.90 Å². The molecule has 1 saturated heterocycles. The standard InChI is InChI=1S/C17H23N3O2S2/c21-24(22,14-15-7-3-1-4-8-15)18-10-9-16-13-23-17(19-16)20-11-5-2-6-12-20/h1,3-4,7-8,13,18H,2,5-6,9-12,14H2. The summed E-state index contributed by atoms with van der Waals surface area (Å²) in [7, 11) is -3.30. The van der Waals surface area contributed by atoms with Crippen LogP contribution in [0.1, 0.15) is 30.5 Å². The molecule has 0 unspecified atom stereocenters. The molecule has 2 aromatic rings. The van der Waals surface area contributed by atoms with Crippen molar-refractivity contribution in [3.05, 3.63) is 47.0 Å². The van der Waals surface area contributed by atoms with Crippen molar-refractivity contribution in [3.63, 3.8) is 0 Å². The monoisotopic (exact) mass is 365 g/mol. The number of nitrogens with one attached hydrogen (secondary N) is 1. The second kappa shape index (κ2) is 8.09. The predicted octanol–water partition coefficient (Wildman–Crippen LogP) is 2.80. The Morgan fingerprint density at radius 3 is 2.62 bits per heavy atom. The first-order valence-electron chi connectivity index (χ1n) is 8.33.